The van der Waals surface area contributed by atoms with E-state index in [9.17, 15) is 4.79 Å². The van der Waals surface area contributed by atoms with E-state index in [0.29, 0.717) is 10.8 Å². The van der Waals surface area contributed by atoms with Crippen LogP contribution in [0.5, 0.6) is 5.75 Å². The SMILES string of the molecule is CC(NC(=O)COc1ccc(-c2cccnc2)cc1Cl)c1ccc2c(c1)CCCC2. The van der Waals surface area contributed by atoms with Gasteiger partial charge in [-0.2, -0.15) is 0 Å². The number of aryl methyl sites for hydroxylation is 2. The Morgan fingerprint density at radius 2 is 1.93 bits per heavy atom. The molecule has 0 fully saturated rings. The van der Waals surface area contributed by atoms with Crippen LogP contribution < -0.4 is 10.1 Å². The molecule has 1 N–H and O–H groups in total. The maximum Gasteiger partial charge on any atom is 0.258 e. The Labute approximate surface area is 182 Å². The first-order valence-corrected chi connectivity index (χ1v) is 10.7. The van der Waals surface area contributed by atoms with Gasteiger partial charge >= 0.3 is 0 Å². The second kappa shape index (κ2) is 9.31. The molecule has 4 nitrogen and oxygen atoms in total. The minimum Gasteiger partial charge on any atom is -0.482 e. The van der Waals surface area contributed by atoms with Crippen molar-refractivity contribution in [2.24, 2.45) is 0 Å². The van der Waals surface area contributed by atoms with Crippen molar-refractivity contribution in [1.82, 2.24) is 10.3 Å². The maximum atomic E-state index is 12.4. The van der Waals surface area contributed by atoms with Crippen molar-refractivity contribution >= 4 is 17.5 Å². The highest BCUT2D eigenvalue weighted by Gasteiger charge is 2.15. The first-order chi connectivity index (χ1) is 14.6. The van der Waals surface area contributed by atoms with Crippen LogP contribution in [0.2, 0.25) is 5.02 Å². The third-order valence-corrected chi connectivity index (χ3v) is 5.83. The molecular weight excluding hydrogens is 396 g/mol. The largest absolute Gasteiger partial charge is 0.482 e. The van der Waals surface area contributed by atoms with E-state index in [1.165, 1.54) is 24.0 Å². The van der Waals surface area contributed by atoms with Crippen molar-refractivity contribution in [3.63, 3.8) is 0 Å². The number of carbonyl (C=O) groups is 1. The molecule has 0 radical (unpaired) electrons. The smallest absolute Gasteiger partial charge is 0.258 e. The third kappa shape index (κ3) is 4.82. The predicted octanol–water partition coefficient (Wildman–Crippen LogP) is 5.54. The molecule has 1 unspecified atom stereocenters. The number of aromatic nitrogens is 1. The molecule has 30 heavy (non-hydrogen) atoms. The van der Waals surface area contributed by atoms with Gasteiger partial charge in [0.2, 0.25) is 0 Å². The normalized spacial score (nSPS) is 13.9. The molecule has 0 bridgehead atoms. The number of amides is 1. The number of hydrogen-bond acceptors (Lipinski definition) is 3. The van der Waals surface area contributed by atoms with Gasteiger partial charge in [-0.15, -0.1) is 0 Å². The summed E-state index contributed by atoms with van der Waals surface area (Å²) in [7, 11) is 0. The number of hydrogen-bond donors (Lipinski definition) is 1. The van der Waals surface area contributed by atoms with Gasteiger partial charge in [0.25, 0.3) is 5.91 Å². The molecule has 1 aliphatic carbocycles. The zero-order chi connectivity index (χ0) is 20.9. The van der Waals surface area contributed by atoms with Gasteiger partial charge in [-0.05, 0) is 73.1 Å². The molecule has 1 aromatic heterocycles. The van der Waals surface area contributed by atoms with E-state index in [2.05, 4.69) is 28.5 Å². The Morgan fingerprint density at radius 1 is 1.10 bits per heavy atom. The highest BCUT2D eigenvalue weighted by atomic mass is 35.5. The van der Waals surface area contributed by atoms with Gasteiger partial charge in [0, 0.05) is 18.0 Å². The molecule has 4 rings (SSSR count). The van der Waals surface area contributed by atoms with Crippen LogP contribution in [0.3, 0.4) is 0 Å². The fraction of sp³-hybridized carbons (Fsp3) is 0.280. The van der Waals surface area contributed by atoms with Gasteiger partial charge in [0.1, 0.15) is 5.75 Å². The van der Waals surface area contributed by atoms with Crippen molar-refractivity contribution in [2.75, 3.05) is 6.61 Å². The van der Waals surface area contributed by atoms with Crippen LogP contribution in [0.4, 0.5) is 0 Å². The van der Waals surface area contributed by atoms with Crippen LogP contribution in [-0.4, -0.2) is 17.5 Å². The van der Waals surface area contributed by atoms with Crippen molar-refractivity contribution in [3.05, 3.63) is 82.6 Å². The summed E-state index contributed by atoms with van der Waals surface area (Å²) in [4.78, 5) is 16.5. The molecule has 0 saturated heterocycles. The van der Waals surface area contributed by atoms with E-state index in [4.69, 9.17) is 16.3 Å². The Kier molecular flexibility index (Phi) is 6.34. The Morgan fingerprint density at radius 3 is 2.70 bits per heavy atom. The van der Waals surface area contributed by atoms with Gasteiger partial charge in [0.05, 0.1) is 11.1 Å². The van der Waals surface area contributed by atoms with Crippen molar-refractivity contribution in [2.45, 2.75) is 38.6 Å². The van der Waals surface area contributed by atoms with Gasteiger partial charge in [-0.1, -0.05) is 41.9 Å². The number of nitrogens with one attached hydrogen (secondary N) is 1. The molecule has 2 aromatic carbocycles. The lowest BCUT2D eigenvalue weighted by molar-refractivity contribution is -0.123. The van der Waals surface area contributed by atoms with Crippen molar-refractivity contribution in [3.8, 4) is 16.9 Å². The van der Waals surface area contributed by atoms with Crippen LogP contribution in [0.1, 0.15) is 42.5 Å². The Hall–Kier alpha value is -2.85. The number of rotatable bonds is 6. The van der Waals surface area contributed by atoms with E-state index in [1.807, 2.05) is 31.2 Å². The lowest BCUT2D eigenvalue weighted by Crippen LogP contribution is -2.31. The molecule has 1 amide bonds. The van der Waals surface area contributed by atoms with Crippen LogP contribution in [-0.2, 0) is 17.6 Å². The van der Waals surface area contributed by atoms with E-state index in [0.717, 1.165) is 29.5 Å². The minimum absolute atomic E-state index is 0.0724. The highest BCUT2D eigenvalue weighted by Crippen LogP contribution is 2.30. The monoisotopic (exact) mass is 420 g/mol. The van der Waals surface area contributed by atoms with Gasteiger partial charge in [0.15, 0.2) is 6.61 Å². The molecule has 0 saturated carbocycles. The summed E-state index contributed by atoms with van der Waals surface area (Å²) in [5.41, 5.74) is 5.91. The van der Waals surface area contributed by atoms with Crippen LogP contribution in [0.25, 0.3) is 11.1 Å². The molecule has 0 aliphatic heterocycles. The average molecular weight is 421 g/mol. The number of nitrogens with zero attached hydrogens (tertiary/aromatic N) is 1. The molecule has 0 spiro atoms. The van der Waals surface area contributed by atoms with Crippen molar-refractivity contribution in [1.29, 1.82) is 0 Å². The summed E-state index contributed by atoms with van der Waals surface area (Å²) in [6.45, 7) is 1.92. The summed E-state index contributed by atoms with van der Waals surface area (Å²) < 4.78 is 5.66. The summed E-state index contributed by atoms with van der Waals surface area (Å²) in [5, 5.41) is 3.48. The second-order valence-corrected chi connectivity index (χ2v) is 8.11. The highest BCUT2D eigenvalue weighted by molar-refractivity contribution is 6.32. The van der Waals surface area contributed by atoms with Crippen LogP contribution >= 0.6 is 11.6 Å². The first kappa shape index (κ1) is 20.4. The van der Waals surface area contributed by atoms with E-state index in [1.54, 1.807) is 18.5 Å². The third-order valence-electron chi connectivity index (χ3n) is 5.54. The van der Waals surface area contributed by atoms with E-state index >= 15 is 0 Å². The molecular formula is C25H25ClN2O2. The molecule has 1 heterocycles. The zero-order valence-corrected chi connectivity index (χ0v) is 17.8. The van der Waals surface area contributed by atoms with Gasteiger partial charge in [-0.3, -0.25) is 9.78 Å². The number of halogens is 1. The molecule has 1 aliphatic rings. The molecule has 5 heteroatoms. The topological polar surface area (TPSA) is 51.2 Å². The van der Waals surface area contributed by atoms with Crippen LogP contribution in [0.15, 0.2) is 60.9 Å². The first-order valence-electron chi connectivity index (χ1n) is 10.3. The van der Waals surface area contributed by atoms with Gasteiger partial charge in [-0.25, -0.2) is 0 Å². The van der Waals surface area contributed by atoms with E-state index in [-0.39, 0.29) is 18.6 Å². The lowest BCUT2D eigenvalue weighted by Gasteiger charge is -2.20. The van der Waals surface area contributed by atoms with Crippen LogP contribution in [0, 0.1) is 0 Å². The number of benzene rings is 2. The average Bonchev–Trinajstić information content (AvgIpc) is 2.78. The number of ether oxygens (including phenoxy) is 1. The summed E-state index contributed by atoms with van der Waals surface area (Å²) >= 11 is 6.35. The molecule has 1 atom stereocenters. The van der Waals surface area contributed by atoms with E-state index < -0.39 is 0 Å². The van der Waals surface area contributed by atoms with Crippen molar-refractivity contribution < 1.29 is 9.53 Å². The lowest BCUT2D eigenvalue weighted by atomic mass is 9.89. The summed E-state index contributed by atoms with van der Waals surface area (Å²) in [6.07, 6.45) is 8.30. The maximum absolute atomic E-state index is 12.4. The minimum atomic E-state index is -0.173. The predicted molar refractivity (Wildman–Crippen MR) is 120 cm³/mol. The Balaban J connectivity index is 1.34. The molecule has 154 valence electrons. The second-order valence-electron chi connectivity index (χ2n) is 7.70. The Bertz CT molecular complexity index is 1040. The quantitative estimate of drug-likeness (QED) is 0.569. The fourth-order valence-electron chi connectivity index (χ4n) is 3.86. The summed E-state index contributed by atoms with van der Waals surface area (Å²) in [5.74, 6) is 0.313. The molecule has 3 aromatic rings. The number of carbonyl (C=O) groups excluding carboxylic acids is 1. The standard InChI is InChI=1S/C25H25ClN2O2/c1-17(19-9-8-18-5-2-3-6-20(18)13-19)28-25(29)16-30-24-11-10-21(14-23(24)26)22-7-4-12-27-15-22/h4,7-15,17H,2-3,5-6,16H2,1H3,(H,28,29). The number of fused-ring (bicyclic) bond motifs is 1. The summed E-state index contributed by atoms with van der Waals surface area (Å²) in [6, 6.07) is 15.8. The number of pyridine rings is 1. The van der Waals surface area contributed by atoms with Gasteiger partial charge < -0.3 is 10.1 Å². The fourth-order valence-corrected chi connectivity index (χ4v) is 4.10. The zero-order valence-electron chi connectivity index (χ0n) is 17.0.